The van der Waals surface area contributed by atoms with Gasteiger partial charge in [-0.25, -0.2) is 9.97 Å². The first-order valence-corrected chi connectivity index (χ1v) is 9.98. The maximum atomic E-state index is 10.3. The molecule has 0 fully saturated rings. The van der Waals surface area contributed by atoms with E-state index >= 15 is 0 Å². The lowest BCUT2D eigenvalue weighted by molar-refractivity contribution is -0.107. The lowest BCUT2D eigenvalue weighted by Crippen LogP contribution is -2.18. The fourth-order valence-corrected chi connectivity index (χ4v) is 3.38. The molecule has 0 bridgehead atoms. The first-order chi connectivity index (χ1) is 13.2. The number of benzene rings is 1. The highest BCUT2D eigenvalue weighted by molar-refractivity contribution is 9.10. The van der Waals surface area contributed by atoms with Gasteiger partial charge < -0.3 is 19.4 Å². The van der Waals surface area contributed by atoms with Crippen molar-refractivity contribution in [1.29, 1.82) is 0 Å². The van der Waals surface area contributed by atoms with Gasteiger partial charge in [0.2, 0.25) is 0 Å². The molecule has 7 heteroatoms. The molecule has 142 valence electrons. The van der Waals surface area contributed by atoms with Gasteiger partial charge in [-0.3, -0.25) is 0 Å². The number of nitrogens with one attached hydrogen (secondary N) is 1. The van der Waals surface area contributed by atoms with Crippen molar-refractivity contribution in [2.24, 2.45) is 0 Å². The summed E-state index contributed by atoms with van der Waals surface area (Å²) in [4.78, 5) is 21.4. The second-order valence-electron chi connectivity index (χ2n) is 6.53. The fourth-order valence-electron chi connectivity index (χ4n) is 2.98. The second-order valence-corrected chi connectivity index (χ2v) is 7.35. The number of halogens is 1. The Morgan fingerprint density at radius 2 is 1.96 bits per heavy atom. The van der Waals surface area contributed by atoms with Crippen LogP contribution in [0.3, 0.4) is 0 Å². The van der Waals surface area contributed by atoms with E-state index in [0.717, 1.165) is 54.5 Å². The molecule has 0 unspecified atom stereocenters. The summed E-state index contributed by atoms with van der Waals surface area (Å²) in [5.74, 6) is 0.714. The third-order valence-electron chi connectivity index (χ3n) is 4.48. The average Bonchev–Trinajstić information content (AvgIpc) is 3.13. The number of aldehydes is 1. The van der Waals surface area contributed by atoms with Gasteiger partial charge in [-0.2, -0.15) is 0 Å². The Morgan fingerprint density at radius 1 is 1.19 bits per heavy atom. The smallest absolute Gasteiger partial charge is 0.180 e. The molecule has 0 aliphatic carbocycles. The molecule has 2 heterocycles. The van der Waals surface area contributed by atoms with E-state index in [0.29, 0.717) is 12.2 Å². The number of fused-ring (bicyclic) bond motifs is 1. The van der Waals surface area contributed by atoms with Gasteiger partial charge in [0.1, 0.15) is 10.9 Å². The zero-order chi connectivity index (χ0) is 19.1. The predicted octanol–water partition coefficient (Wildman–Crippen LogP) is 4.82. The zero-order valence-corrected chi connectivity index (χ0v) is 17.0. The Labute approximate surface area is 167 Å². The van der Waals surface area contributed by atoms with Crippen molar-refractivity contribution in [1.82, 2.24) is 14.4 Å². The number of nitrogens with zero attached hydrogens (tertiary/aromatic N) is 4. The van der Waals surface area contributed by atoms with Crippen molar-refractivity contribution < 1.29 is 4.79 Å². The zero-order valence-electron chi connectivity index (χ0n) is 15.4. The summed E-state index contributed by atoms with van der Waals surface area (Å²) in [7, 11) is 2.11. The Hall–Kier alpha value is -2.41. The molecule has 6 nitrogen and oxygen atoms in total. The van der Waals surface area contributed by atoms with E-state index in [1.54, 1.807) is 6.20 Å². The van der Waals surface area contributed by atoms with Crippen LogP contribution in [0.5, 0.6) is 0 Å². The summed E-state index contributed by atoms with van der Waals surface area (Å²) >= 11 is 3.43. The number of rotatable bonds is 10. The number of hydrogen-bond acceptors (Lipinski definition) is 5. The van der Waals surface area contributed by atoms with Crippen LogP contribution in [0.2, 0.25) is 0 Å². The number of unbranched alkanes of at least 4 members (excludes halogenated alkanes) is 4. The third-order valence-corrected chi connectivity index (χ3v) is 4.86. The van der Waals surface area contributed by atoms with E-state index in [9.17, 15) is 4.79 Å². The summed E-state index contributed by atoms with van der Waals surface area (Å²) in [6.07, 6.45) is 11.6. The van der Waals surface area contributed by atoms with Gasteiger partial charge >= 0.3 is 0 Å². The summed E-state index contributed by atoms with van der Waals surface area (Å²) in [5, 5.41) is 3.34. The molecular weight excluding hydrogens is 406 g/mol. The van der Waals surface area contributed by atoms with E-state index in [1.165, 1.54) is 5.69 Å². The van der Waals surface area contributed by atoms with Crippen molar-refractivity contribution in [2.75, 3.05) is 23.8 Å². The lowest BCUT2D eigenvalue weighted by atomic mass is 10.1. The Balaban J connectivity index is 1.56. The van der Waals surface area contributed by atoms with E-state index in [1.807, 2.05) is 16.8 Å². The highest BCUT2D eigenvalue weighted by Gasteiger charge is 2.07. The quantitative estimate of drug-likeness (QED) is 0.369. The molecule has 0 radical (unpaired) electrons. The second kappa shape index (κ2) is 9.50. The standard InChI is InChI=1S/C20H24BrN5O/c1-25(12-5-3-2-4-6-14-27)17-9-7-16(8-10-17)23-19-20-22-11-13-26(20)15-18(21)24-19/h7-11,13-15H,2-6,12H2,1H3,(H,23,24). The topological polar surface area (TPSA) is 62.5 Å². The molecule has 0 saturated heterocycles. The van der Waals surface area contributed by atoms with Gasteiger partial charge in [0.15, 0.2) is 11.5 Å². The summed E-state index contributed by atoms with van der Waals surface area (Å²) < 4.78 is 2.68. The van der Waals surface area contributed by atoms with Gasteiger partial charge in [0, 0.05) is 50.0 Å². The first-order valence-electron chi connectivity index (χ1n) is 9.18. The average molecular weight is 430 g/mol. The molecule has 3 rings (SSSR count). The number of hydrogen-bond donors (Lipinski definition) is 1. The highest BCUT2D eigenvalue weighted by atomic mass is 79.9. The van der Waals surface area contributed by atoms with Crippen LogP contribution in [-0.2, 0) is 4.79 Å². The van der Waals surface area contributed by atoms with E-state index < -0.39 is 0 Å². The number of carbonyl (C=O) groups excluding carboxylic acids is 1. The number of anilines is 3. The molecule has 27 heavy (non-hydrogen) atoms. The minimum absolute atomic E-state index is 0.683. The largest absolute Gasteiger partial charge is 0.375 e. The third kappa shape index (κ3) is 5.29. The van der Waals surface area contributed by atoms with Crippen molar-refractivity contribution in [2.45, 2.75) is 32.1 Å². The molecule has 0 aliphatic heterocycles. The monoisotopic (exact) mass is 429 g/mol. The molecule has 0 amide bonds. The molecule has 1 N–H and O–H groups in total. The molecule has 0 saturated carbocycles. The van der Waals surface area contributed by atoms with Crippen LogP contribution in [0, 0.1) is 0 Å². The van der Waals surface area contributed by atoms with Gasteiger partial charge in [0.25, 0.3) is 0 Å². The Morgan fingerprint density at radius 3 is 2.74 bits per heavy atom. The molecule has 0 spiro atoms. The van der Waals surface area contributed by atoms with E-state index in [-0.39, 0.29) is 0 Å². The SMILES string of the molecule is CN(CCCCCCC=O)c1ccc(Nc2nc(Br)cn3ccnc23)cc1. The van der Waals surface area contributed by atoms with Crippen LogP contribution < -0.4 is 10.2 Å². The Kier molecular flexibility index (Phi) is 6.81. The van der Waals surface area contributed by atoms with Crippen LogP contribution in [-0.4, -0.2) is 34.2 Å². The van der Waals surface area contributed by atoms with Gasteiger partial charge in [-0.1, -0.05) is 12.8 Å². The Bertz CT molecular complexity index is 878. The predicted molar refractivity (Wildman–Crippen MR) is 113 cm³/mol. The van der Waals surface area contributed by atoms with Crippen LogP contribution >= 0.6 is 15.9 Å². The van der Waals surface area contributed by atoms with E-state index in [2.05, 4.69) is 67.4 Å². The van der Waals surface area contributed by atoms with Crippen LogP contribution in [0.4, 0.5) is 17.2 Å². The molecule has 1 aromatic carbocycles. The van der Waals surface area contributed by atoms with Crippen LogP contribution in [0.15, 0.2) is 47.5 Å². The summed E-state index contributed by atoms with van der Waals surface area (Å²) in [5.41, 5.74) is 2.94. The first kappa shape index (κ1) is 19.4. The van der Waals surface area contributed by atoms with Crippen LogP contribution in [0.1, 0.15) is 32.1 Å². The molecule has 2 aromatic heterocycles. The molecule has 0 atom stereocenters. The maximum Gasteiger partial charge on any atom is 0.180 e. The maximum absolute atomic E-state index is 10.3. The number of aromatic nitrogens is 3. The fraction of sp³-hybridized carbons (Fsp3) is 0.350. The van der Waals surface area contributed by atoms with E-state index in [4.69, 9.17) is 0 Å². The summed E-state index contributed by atoms with van der Waals surface area (Å²) in [6, 6.07) is 8.32. The van der Waals surface area contributed by atoms with Crippen LogP contribution in [0.25, 0.3) is 5.65 Å². The normalized spacial score (nSPS) is 10.9. The minimum atomic E-state index is 0.683. The molecular formula is C20H24BrN5O. The highest BCUT2D eigenvalue weighted by Crippen LogP contribution is 2.23. The van der Waals surface area contributed by atoms with Crippen molar-refractivity contribution in [3.63, 3.8) is 0 Å². The molecule has 3 aromatic rings. The minimum Gasteiger partial charge on any atom is -0.375 e. The number of imidazole rings is 1. The lowest BCUT2D eigenvalue weighted by Gasteiger charge is -2.19. The van der Waals surface area contributed by atoms with Gasteiger partial charge in [0.05, 0.1) is 0 Å². The van der Waals surface area contributed by atoms with Crippen molar-refractivity contribution >= 4 is 45.1 Å². The van der Waals surface area contributed by atoms with Crippen molar-refractivity contribution in [3.8, 4) is 0 Å². The van der Waals surface area contributed by atoms with Gasteiger partial charge in [-0.05, 0) is 53.0 Å². The van der Waals surface area contributed by atoms with Gasteiger partial charge in [-0.15, -0.1) is 0 Å². The number of carbonyl (C=O) groups is 1. The summed E-state index contributed by atoms with van der Waals surface area (Å²) in [6.45, 7) is 1.01. The van der Waals surface area contributed by atoms with Crippen molar-refractivity contribution in [3.05, 3.63) is 47.5 Å². The molecule has 0 aliphatic rings.